The number of halogens is 3. The van der Waals surface area contributed by atoms with Gasteiger partial charge in [-0.25, -0.2) is 0 Å². The van der Waals surface area contributed by atoms with E-state index in [1.165, 1.54) is 0 Å². The first kappa shape index (κ1) is 21.8. The number of pyridine rings is 1. The maximum atomic E-state index is 12.9. The number of nitrogens with one attached hydrogen (secondary N) is 1. The third-order valence-electron chi connectivity index (χ3n) is 5.32. The number of phenols is 1. The van der Waals surface area contributed by atoms with Gasteiger partial charge >= 0.3 is 12.1 Å². The fourth-order valence-electron chi connectivity index (χ4n) is 3.89. The number of hydrogen-bond acceptors (Lipinski definition) is 7. The molecule has 1 aromatic carbocycles. The quantitative estimate of drug-likeness (QED) is 0.546. The number of nitrogens with zero attached hydrogens (tertiary/aromatic N) is 4. The molecule has 3 N–H and O–H groups in total. The number of carboxylic acids is 1. The lowest BCUT2D eigenvalue weighted by Gasteiger charge is -2.32. The van der Waals surface area contributed by atoms with Crippen molar-refractivity contribution in [3.8, 4) is 17.0 Å². The highest BCUT2D eigenvalue weighted by Gasteiger charge is 2.31. The molecule has 1 fully saturated rings. The molecule has 0 aliphatic carbocycles. The van der Waals surface area contributed by atoms with Crippen molar-refractivity contribution < 1.29 is 28.2 Å². The Labute approximate surface area is 180 Å². The van der Waals surface area contributed by atoms with E-state index in [-0.39, 0.29) is 23.8 Å². The zero-order chi connectivity index (χ0) is 22.9. The van der Waals surface area contributed by atoms with Gasteiger partial charge in [-0.2, -0.15) is 13.2 Å². The molecule has 0 amide bonds. The fraction of sp³-hybridized carbons (Fsp3) is 0.333. The smallest absolute Gasteiger partial charge is 0.416 e. The van der Waals surface area contributed by atoms with Crippen molar-refractivity contribution in [2.45, 2.75) is 25.1 Å². The average molecular weight is 447 g/mol. The van der Waals surface area contributed by atoms with Crippen LogP contribution in [0.4, 0.5) is 19.0 Å². The maximum absolute atomic E-state index is 12.9. The molecule has 11 heteroatoms. The number of hydrogen-bond donors (Lipinski definition) is 3. The Kier molecular flexibility index (Phi) is 5.83. The molecule has 1 saturated heterocycles. The molecule has 3 heterocycles. The Balaban J connectivity index is 1.66. The topological polar surface area (TPSA) is 111 Å². The summed E-state index contributed by atoms with van der Waals surface area (Å²) < 4.78 is 38.8. The van der Waals surface area contributed by atoms with Crippen LogP contribution in [0.15, 0.2) is 36.5 Å². The number of carboxylic acid groups (broad SMARTS) is 1. The van der Waals surface area contributed by atoms with Crippen LogP contribution >= 0.6 is 0 Å². The summed E-state index contributed by atoms with van der Waals surface area (Å²) in [7, 11) is 0. The molecule has 0 saturated carbocycles. The minimum Gasteiger partial charge on any atom is -0.507 e. The molecule has 1 atom stereocenters. The minimum atomic E-state index is -4.58. The van der Waals surface area contributed by atoms with Gasteiger partial charge in [0.1, 0.15) is 17.0 Å². The van der Waals surface area contributed by atoms with Crippen LogP contribution in [0.1, 0.15) is 18.4 Å². The lowest BCUT2D eigenvalue weighted by molar-refractivity contribution is -0.139. The van der Waals surface area contributed by atoms with Crippen LogP contribution < -0.4 is 5.32 Å². The van der Waals surface area contributed by atoms with Crippen molar-refractivity contribution in [2.24, 2.45) is 0 Å². The highest BCUT2D eigenvalue weighted by molar-refractivity contribution is 5.98. The van der Waals surface area contributed by atoms with E-state index in [9.17, 15) is 23.1 Å². The molecule has 0 unspecified atom stereocenters. The molecular formula is C21H20F3N5O3. The molecule has 0 radical (unpaired) electrons. The molecule has 0 spiro atoms. The van der Waals surface area contributed by atoms with E-state index in [0.29, 0.717) is 35.9 Å². The zero-order valence-electron chi connectivity index (χ0n) is 16.8. The van der Waals surface area contributed by atoms with Crippen molar-refractivity contribution in [3.05, 3.63) is 42.1 Å². The summed E-state index contributed by atoms with van der Waals surface area (Å²) in [6.45, 7) is 1.17. The normalized spacial score (nSPS) is 17.4. The lowest BCUT2D eigenvalue weighted by Crippen LogP contribution is -2.44. The molecular weight excluding hydrogens is 427 g/mol. The highest BCUT2D eigenvalue weighted by Crippen LogP contribution is 2.38. The van der Waals surface area contributed by atoms with Gasteiger partial charge < -0.3 is 15.5 Å². The van der Waals surface area contributed by atoms with Crippen molar-refractivity contribution in [3.63, 3.8) is 0 Å². The monoisotopic (exact) mass is 447 g/mol. The van der Waals surface area contributed by atoms with Crippen LogP contribution in [0.3, 0.4) is 0 Å². The van der Waals surface area contributed by atoms with Gasteiger partial charge in [0, 0.05) is 29.7 Å². The van der Waals surface area contributed by atoms with Crippen LogP contribution in [0.25, 0.3) is 22.2 Å². The van der Waals surface area contributed by atoms with E-state index >= 15 is 0 Å². The standard InChI is InChI=1S/C21H20F3N5O3/c22-21(23,24)12-5-6-14(16(30)9-12)18-15-4-1-7-25-19(15)20(28-27-18)26-13-3-2-8-29(10-13)11-17(31)32/h1,4-7,9,13,30H,2-3,8,10-11H2,(H,26,28)(H,31,32)/t13-/m1/s1. The number of fused-ring (bicyclic) bond motifs is 1. The zero-order valence-corrected chi connectivity index (χ0v) is 16.8. The number of anilines is 1. The second-order valence-electron chi connectivity index (χ2n) is 7.64. The summed E-state index contributed by atoms with van der Waals surface area (Å²) in [5.41, 5.74) is -0.191. The third kappa shape index (κ3) is 4.57. The van der Waals surface area contributed by atoms with Crippen LogP contribution in [-0.4, -0.2) is 61.9 Å². The van der Waals surface area contributed by atoms with Crippen molar-refractivity contribution in [1.29, 1.82) is 0 Å². The number of aliphatic carboxylic acids is 1. The fourth-order valence-corrected chi connectivity index (χ4v) is 3.89. The van der Waals surface area contributed by atoms with Gasteiger partial charge in [0.05, 0.1) is 12.1 Å². The van der Waals surface area contributed by atoms with Gasteiger partial charge in [-0.3, -0.25) is 14.7 Å². The van der Waals surface area contributed by atoms with Crippen LogP contribution in [-0.2, 0) is 11.0 Å². The second kappa shape index (κ2) is 8.58. The van der Waals surface area contributed by atoms with Gasteiger partial charge in [-0.1, -0.05) is 0 Å². The number of benzene rings is 1. The van der Waals surface area contributed by atoms with Gasteiger partial charge in [-0.05, 0) is 49.7 Å². The van der Waals surface area contributed by atoms with E-state index in [2.05, 4.69) is 20.5 Å². The van der Waals surface area contributed by atoms with Gasteiger partial charge in [0.25, 0.3) is 0 Å². The number of aromatic hydroxyl groups is 1. The van der Waals surface area contributed by atoms with Crippen LogP contribution in [0.5, 0.6) is 5.75 Å². The summed E-state index contributed by atoms with van der Waals surface area (Å²) >= 11 is 0. The summed E-state index contributed by atoms with van der Waals surface area (Å²) in [5.74, 6) is -1.06. The van der Waals surface area contributed by atoms with Crippen molar-refractivity contribution in [1.82, 2.24) is 20.1 Å². The summed E-state index contributed by atoms with van der Waals surface area (Å²) in [6.07, 6.45) is -1.38. The molecule has 4 rings (SSSR count). The minimum absolute atomic E-state index is 0.0466. The van der Waals surface area contributed by atoms with Crippen LogP contribution in [0, 0.1) is 0 Å². The van der Waals surface area contributed by atoms with E-state index in [1.54, 1.807) is 18.3 Å². The summed E-state index contributed by atoms with van der Waals surface area (Å²) in [4.78, 5) is 17.2. The van der Waals surface area contributed by atoms with Gasteiger partial charge in [0.15, 0.2) is 5.82 Å². The summed E-state index contributed by atoms with van der Waals surface area (Å²) in [6, 6.07) is 5.99. The molecule has 3 aromatic rings. The van der Waals surface area contributed by atoms with Gasteiger partial charge in [0.2, 0.25) is 0 Å². The van der Waals surface area contributed by atoms with E-state index in [4.69, 9.17) is 5.11 Å². The third-order valence-corrected chi connectivity index (χ3v) is 5.32. The summed E-state index contributed by atoms with van der Waals surface area (Å²) in [5, 5.41) is 31.4. The largest absolute Gasteiger partial charge is 0.507 e. The maximum Gasteiger partial charge on any atom is 0.416 e. The number of aromatic nitrogens is 3. The Morgan fingerprint density at radius 3 is 2.78 bits per heavy atom. The average Bonchev–Trinajstić information content (AvgIpc) is 2.73. The first-order valence-electron chi connectivity index (χ1n) is 9.95. The second-order valence-corrected chi connectivity index (χ2v) is 7.64. The molecule has 2 aromatic heterocycles. The molecule has 0 bridgehead atoms. The number of phenolic OH excluding ortho intramolecular Hbond substituents is 1. The predicted molar refractivity (Wildman–Crippen MR) is 110 cm³/mol. The first-order chi connectivity index (χ1) is 15.2. The van der Waals surface area contributed by atoms with E-state index < -0.39 is 23.5 Å². The van der Waals surface area contributed by atoms with Crippen molar-refractivity contribution in [2.75, 3.05) is 25.0 Å². The van der Waals surface area contributed by atoms with E-state index in [0.717, 1.165) is 25.0 Å². The number of likely N-dealkylation sites (tertiary alicyclic amines) is 1. The Hall–Kier alpha value is -3.47. The lowest BCUT2D eigenvalue weighted by atomic mass is 10.0. The number of alkyl halides is 3. The number of rotatable bonds is 5. The molecule has 168 valence electrons. The highest BCUT2D eigenvalue weighted by atomic mass is 19.4. The van der Waals surface area contributed by atoms with E-state index in [1.807, 2.05) is 4.90 Å². The first-order valence-corrected chi connectivity index (χ1v) is 9.95. The van der Waals surface area contributed by atoms with Gasteiger partial charge in [-0.15, -0.1) is 10.2 Å². The SMILES string of the molecule is O=C(O)CN1CCC[C@@H](Nc2nnc(-c3ccc(C(F)(F)F)cc3O)c3cccnc23)C1. The molecule has 1 aliphatic rings. The number of piperidine rings is 1. The Bertz CT molecular complexity index is 1160. The Morgan fingerprint density at radius 1 is 1.25 bits per heavy atom. The molecule has 1 aliphatic heterocycles. The Morgan fingerprint density at radius 2 is 2.06 bits per heavy atom. The molecule has 8 nitrogen and oxygen atoms in total. The van der Waals surface area contributed by atoms with Crippen LogP contribution in [0.2, 0.25) is 0 Å². The number of carbonyl (C=O) groups is 1. The van der Waals surface area contributed by atoms with Crippen molar-refractivity contribution >= 4 is 22.7 Å². The predicted octanol–water partition coefficient (Wildman–Crippen LogP) is 3.38. The molecule has 32 heavy (non-hydrogen) atoms.